The van der Waals surface area contributed by atoms with E-state index in [2.05, 4.69) is 5.32 Å². The van der Waals surface area contributed by atoms with E-state index >= 15 is 0 Å². The summed E-state index contributed by atoms with van der Waals surface area (Å²) in [7, 11) is 0. The highest BCUT2D eigenvalue weighted by molar-refractivity contribution is 6.02. The fraction of sp³-hybridized carbons (Fsp3) is 0.489. The predicted octanol–water partition coefficient (Wildman–Crippen LogP) is 8.95. The number of likely N-dealkylation sites (tertiary alicyclic amines) is 2. The van der Waals surface area contributed by atoms with Crippen molar-refractivity contribution in [1.82, 2.24) is 20.0 Å². The van der Waals surface area contributed by atoms with Crippen molar-refractivity contribution in [2.75, 3.05) is 19.7 Å². The second-order valence-electron chi connectivity index (χ2n) is 16.9. The first-order valence-corrected chi connectivity index (χ1v) is 21.2. The van der Waals surface area contributed by atoms with Crippen LogP contribution in [0.2, 0.25) is 0 Å². The summed E-state index contributed by atoms with van der Waals surface area (Å²) in [5, 5.41) is 2.75. The van der Waals surface area contributed by atoms with Gasteiger partial charge < -0.3 is 19.9 Å². The fourth-order valence-electron chi connectivity index (χ4n) is 9.64. The first-order valence-electron chi connectivity index (χ1n) is 21.2. The lowest BCUT2D eigenvalue weighted by Gasteiger charge is -2.59. The van der Waals surface area contributed by atoms with E-state index in [-0.39, 0.29) is 31.0 Å². The zero-order chi connectivity index (χ0) is 41.6. The van der Waals surface area contributed by atoms with Crippen LogP contribution in [0.25, 0.3) is 6.08 Å². The SMILES string of the molecule is CC1(N2C(=O)OCC2c2ccccc2)C(=O)N(C(CC(=O)N2CCC(CC3CCCCCCC3)CC2)C(=O)NCc2cccc(C(F)(F)F)c2)C1C=Cc1ccccc1. The Balaban J connectivity index is 1.16. The third-order valence-electron chi connectivity index (χ3n) is 13.0. The van der Waals surface area contributed by atoms with Crippen LogP contribution >= 0.6 is 0 Å². The van der Waals surface area contributed by atoms with Crippen LogP contribution in [0.1, 0.15) is 106 Å². The monoisotopic (exact) mass is 812 g/mol. The molecule has 4 fully saturated rings. The molecule has 314 valence electrons. The molecule has 0 radical (unpaired) electrons. The highest BCUT2D eigenvalue weighted by Crippen LogP contribution is 2.46. The largest absolute Gasteiger partial charge is 0.447 e. The van der Waals surface area contributed by atoms with Crippen LogP contribution in [0.5, 0.6) is 0 Å². The molecule has 7 rings (SSSR count). The number of piperidine rings is 1. The lowest BCUT2D eigenvalue weighted by atomic mass is 9.75. The second-order valence-corrected chi connectivity index (χ2v) is 16.9. The molecule has 0 aromatic heterocycles. The maximum absolute atomic E-state index is 14.8. The van der Waals surface area contributed by atoms with Crippen LogP contribution < -0.4 is 5.32 Å². The van der Waals surface area contributed by atoms with E-state index in [1.54, 1.807) is 17.9 Å². The number of amides is 4. The molecule has 3 saturated heterocycles. The molecule has 3 aliphatic heterocycles. The number of carbonyl (C=O) groups is 4. The van der Waals surface area contributed by atoms with Gasteiger partial charge in [-0.15, -0.1) is 0 Å². The Morgan fingerprint density at radius 2 is 1.51 bits per heavy atom. The minimum Gasteiger partial charge on any atom is -0.447 e. The van der Waals surface area contributed by atoms with Crippen LogP contribution in [0, 0.1) is 11.8 Å². The number of rotatable bonds is 12. The Labute approximate surface area is 345 Å². The molecule has 1 saturated carbocycles. The number of nitrogens with one attached hydrogen (secondary N) is 1. The second kappa shape index (κ2) is 18.4. The summed E-state index contributed by atoms with van der Waals surface area (Å²) < 4.78 is 46.3. The number of β-lactam (4-membered cyclic amide) rings is 1. The number of benzene rings is 3. The molecule has 4 atom stereocenters. The average molecular weight is 813 g/mol. The van der Waals surface area contributed by atoms with Crippen molar-refractivity contribution >= 4 is 29.9 Å². The van der Waals surface area contributed by atoms with E-state index in [1.807, 2.05) is 66.7 Å². The molecule has 9 nitrogen and oxygen atoms in total. The Morgan fingerprint density at radius 1 is 0.864 bits per heavy atom. The summed E-state index contributed by atoms with van der Waals surface area (Å²) in [5.41, 5.74) is -0.534. The van der Waals surface area contributed by atoms with Crippen molar-refractivity contribution in [2.24, 2.45) is 11.8 Å². The number of hydrogen-bond donors (Lipinski definition) is 1. The lowest BCUT2D eigenvalue weighted by Crippen LogP contribution is -2.81. The Kier molecular flexibility index (Phi) is 13.1. The maximum Gasteiger partial charge on any atom is 0.416 e. The van der Waals surface area contributed by atoms with Gasteiger partial charge in [-0.05, 0) is 66.8 Å². The van der Waals surface area contributed by atoms with E-state index in [0.29, 0.717) is 19.0 Å². The molecule has 0 spiro atoms. The predicted molar refractivity (Wildman–Crippen MR) is 218 cm³/mol. The molecular weight excluding hydrogens is 758 g/mol. The first-order chi connectivity index (χ1) is 28.4. The van der Waals surface area contributed by atoms with Gasteiger partial charge in [-0.25, -0.2) is 4.79 Å². The molecule has 4 unspecified atom stereocenters. The average Bonchev–Trinajstić information content (AvgIpc) is 3.63. The third kappa shape index (κ3) is 9.52. The van der Waals surface area contributed by atoms with Gasteiger partial charge in [-0.2, -0.15) is 13.2 Å². The Hall–Kier alpha value is -5.13. The lowest BCUT2D eigenvalue weighted by molar-refractivity contribution is -0.176. The van der Waals surface area contributed by atoms with E-state index in [1.165, 1.54) is 73.3 Å². The number of cyclic esters (lactones) is 1. The molecule has 1 N–H and O–H groups in total. The summed E-state index contributed by atoms with van der Waals surface area (Å²) in [6.07, 6.45) is 9.95. The van der Waals surface area contributed by atoms with Crippen molar-refractivity contribution in [3.63, 3.8) is 0 Å². The quantitative estimate of drug-likeness (QED) is 0.184. The zero-order valence-electron chi connectivity index (χ0n) is 33.7. The highest BCUT2D eigenvalue weighted by atomic mass is 19.4. The minimum absolute atomic E-state index is 0.0247. The number of carbonyl (C=O) groups excluding carboxylic acids is 4. The Morgan fingerprint density at radius 3 is 2.19 bits per heavy atom. The maximum atomic E-state index is 14.8. The normalized spacial score (nSPS) is 24.0. The summed E-state index contributed by atoms with van der Waals surface area (Å²) in [6, 6.07) is 20.6. The number of halogens is 3. The van der Waals surface area contributed by atoms with Crippen molar-refractivity contribution in [1.29, 1.82) is 0 Å². The third-order valence-corrected chi connectivity index (χ3v) is 13.0. The molecule has 12 heteroatoms. The number of ether oxygens (including phenoxy) is 1. The van der Waals surface area contributed by atoms with E-state index in [4.69, 9.17) is 4.74 Å². The summed E-state index contributed by atoms with van der Waals surface area (Å²) in [4.78, 5) is 61.7. The van der Waals surface area contributed by atoms with Crippen molar-refractivity contribution in [3.05, 3.63) is 113 Å². The topological polar surface area (TPSA) is 99.3 Å². The molecule has 1 aliphatic carbocycles. The van der Waals surface area contributed by atoms with Crippen LogP contribution in [0.4, 0.5) is 18.0 Å². The molecule has 59 heavy (non-hydrogen) atoms. The van der Waals surface area contributed by atoms with Gasteiger partial charge in [0.15, 0.2) is 0 Å². The van der Waals surface area contributed by atoms with Gasteiger partial charge in [0.1, 0.15) is 18.2 Å². The van der Waals surface area contributed by atoms with Crippen LogP contribution in [0.15, 0.2) is 91.0 Å². The number of alkyl halides is 3. The van der Waals surface area contributed by atoms with Gasteiger partial charge in [0.25, 0.3) is 5.91 Å². The molecule has 4 amide bonds. The highest BCUT2D eigenvalue weighted by Gasteiger charge is 2.66. The number of hydrogen-bond acceptors (Lipinski definition) is 5. The van der Waals surface area contributed by atoms with E-state index in [0.717, 1.165) is 42.0 Å². The molecular formula is C47H55F3N4O5. The summed E-state index contributed by atoms with van der Waals surface area (Å²) in [6.45, 7) is 2.54. The van der Waals surface area contributed by atoms with Gasteiger partial charge in [0, 0.05) is 19.6 Å². The van der Waals surface area contributed by atoms with Gasteiger partial charge in [0.2, 0.25) is 11.8 Å². The van der Waals surface area contributed by atoms with Crippen molar-refractivity contribution < 1.29 is 37.1 Å². The van der Waals surface area contributed by atoms with Crippen LogP contribution in [0.3, 0.4) is 0 Å². The summed E-state index contributed by atoms with van der Waals surface area (Å²) >= 11 is 0. The molecule has 4 aliphatic rings. The first kappa shape index (κ1) is 42.0. The molecule has 3 aromatic carbocycles. The molecule has 3 aromatic rings. The molecule has 3 heterocycles. The summed E-state index contributed by atoms with van der Waals surface area (Å²) in [5.74, 6) is -0.243. The van der Waals surface area contributed by atoms with Gasteiger partial charge in [-0.3, -0.25) is 19.3 Å². The Bertz CT molecular complexity index is 1960. The molecule has 0 bridgehead atoms. The number of nitrogens with zero attached hydrogens (tertiary/aromatic N) is 3. The van der Waals surface area contributed by atoms with E-state index < -0.39 is 53.3 Å². The van der Waals surface area contributed by atoms with Gasteiger partial charge in [-0.1, -0.05) is 130 Å². The van der Waals surface area contributed by atoms with Crippen molar-refractivity contribution in [2.45, 2.75) is 114 Å². The van der Waals surface area contributed by atoms with Crippen molar-refractivity contribution in [3.8, 4) is 0 Å². The standard InChI is InChI=1S/C47H55F3N4O5/c1-46(54-40(32-59-45(54)58)37-19-11-6-12-20-37)41(23-22-33-14-9-5-10-15-33)53(44(46)57)39(43(56)51-31-36-18-13-21-38(29-36)47(48,49)50)30-42(55)52-26-24-35(25-27-52)28-34-16-7-3-2-4-8-17-34/h5-6,9-15,18-23,29,34-35,39-41H,2-4,7-8,16-17,24-28,30-32H2,1H3,(H,51,56). The van der Waals surface area contributed by atoms with Gasteiger partial charge in [0.05, 0.1) is 24.1 Å². The zero-order valence-corrected chi connectivity index (χ0v) is 33.7. The smallest absolute Gasteiger partial charge is 0.416 e. The van der Waals surface area contributed by atoms with Gasteiger partial charge >= 0.3 is 12.3 Å². The van der Waals surface area contributed by atoms with E-state index in [9.17, 15) is 32.3 Å². The van der Waals surface area contributed by atoms with Crippen LogP contribution in [-0.4, -0.2) is 75.8 Å². The van der Waals surface area contributed by atoms with Crippen LogP contribution in [-0.2, 0) is 31.8 Å². The minimum atomic E-state index is -4.57. The fourth-order valence-corrected chi connectivity index (χ4v) is 9.64.